The molecule has 5 rings (SSSR count). The Morgan fingerprint density at radius 3 is 2.46 bits per heavy atom. The SMILES string of the molecule is COC1CCN(c2nc(-c3cc(C)ccc3C)nc3c2CN(c2cc(C(C)C)ccc2C)CC3)CC1C. The summed E-state index contributed by atoms with van der Waals surface area (Å²) in [5, 5.41) is 0. The number of benzene rings is 2. The summed E-state index contributed by atoms with van der Waals surface area (Å²) in [5.41, 5.74) is 10.2. The van der Waals surface area contributed by atoms with Crippen molar-refractivity contribution in [2.45, 2.75) is 73.0 Å². The Kier molecular flexibility index (Phi) is 7.26. The van der Waals surface area contributed by atoms with Crippen LogP contribution in [-0.2, 0) is 17.7 Å². The van der Waals surface area contributed by atoms with Gasteiger partial charge in [0.2, 0.25) is 0 Å². The number of ether oxygens (including phenoxy) is 1. The van der Waals surface area contributed by atoms with E-state index in [-0.39, 0.29) is 0 Å². The van der Waals surface area contributed by atoms with Crippen molar-refractivity contribution in [3.05, 3.63) is 69.9 Å². The number of hydrogen-bond acceptors (Lipinski definition) is 5. The van der Waals surface area contributed by atoms with Crippen molar-refractivity contribution in [1.29, 1.82) is 0 Å². The highest BCUT2D eigenvalue weighted by Gasteiger charge is 2.31. The number of aromatic nitrogens is 2. The summed E-state index contributed by atoms with van der Waals surface area (Å²) in [7, 11) is 1.84. The first-order chi connectivity index (χ1) is 17.7. The number of aryl methyl sites for hydroxylation is 3. The molecule has 2 aromatic carbocycles. The van der Waals surface area contributed by atoms with Gasteiger partial charge >= 0.3 is 0 Å². The summed E-state index contributed by atoms with van der Waals surface area (Å²) in [6, 6.07) is 13.5. The van der Waals surface area contributed by atoms with Crippen LogP contribution < -0.4 is 9.80 Å². The largest absolute Gasteiger partial charge is 0.381 e. The first kappa shape index (κ1) is 25.7. The highest BCUT2D eigenvalue weighted by atomic mass is 16.5. The molecule has 1 fully saturated rings. The van der Waals surface area contributed by atoms with E-state index in [1.165, 1.54) is 39.2 Å². The van der Waals surface area contributed by atoms with E-state index in [1.54, 1.807) is 0 Å². The number of nitrogens with zero attached hydrogens (tertiary/aromatic N) is 4. The van der Waals surface area contributed by atoms with E-state index in [9.17, 15) is 0 Å². The van der Waals surface area contributed by atoms with E-state index in [1.807, 2.05) is 7.11 Å². The minimum atomic E-state index is 0.310. The molecule has 1 aromatic heterocycles. The van der Waals surface area contributed by atoms with E-state index in [2.05, 4.69) is 87.7 Å². The summed E-state index contributed by atoms with van der Waals surface area (Å²) in [6.45, 7) is 17.1. The van der Waals surface area contributed by atoms with Crippen LogP contribution in [0.5, 0.6) is 0 Å². The zero-order valence-electron chi connectivity index (χ0n) is 23.6. The Labute approximate surface area is 222 Å². The molecular formula is C32H42N4O. The van der Waals surface area contributed by atoms with Gasteiger partial charge in [-0.05, 0) is 67.9 Å². The molecule has 2 unspecified atom stereocenters. The van der Waals surface area contributed by atoms with Crippen molar-refractivity contribution in [3.63, 3.8) is 0 Å². The molecule has 0 radical (unpaired) electrons. The van der Waals surface area contributed by atoms with Crippen molar-refractivity contribution in [3.8, 4) is 11.4 Å². The van der Waals surface area contributed by atoms with Gasteiger partial charge in [0, 0.05) is 56.5 Å². The summed E-state index contributed by atoms with van der Waals surface area (Å²) in [5.74, 6) is 2.95. The minimum Gasteiger partial charge on any atom is -0.381 e. The van der Waals surface area contributed by atoms with Crippen LogP contribution in [0.4, 0.5) is 11.5 Å². The summed E-state index contributed by atoms with van der Waals surface area (Å²) >= 11 is 0. The highest BCUT2D eigenvalue weighted by molar-refractivity contribution is 5.66. The van der Waals surface area contributed by atoms with E-state index in [0.29, 0.717) is 17.9 Å². The Balaban J connectivity index is 1.58. The smallest absolute Gasteiger partial charge is 0.162 e. The molecular weight excluding hydrogens is 456 g/mol. The summed E-state index contributed by atoms with van der Waals surface area (Å²) in [6.07, 6.45) is 2.26. The van der Waals surface area contributed by atoms with Crippen LogP contribution >= 0.6 is 0 Å². The fourth-order valence-electron chi connectivity index (χ4n) is 5.95. The second kappa shape index (κ2) is 10.4. The number of anilines is 2. The molecule has 196 valence electrons. The van der Waals surface area contributed by atoms with Gasteiger partial charge in [-0.15, -0.1) is 0 Å². The van der Waals surface area contributed by atoms with Gasteiger partial charge in [0.1, 0.15) is 5.82 Å². The summed E-state index contributed by atoms with van der Waals surface area (Å²) < 4.78 is 5.77. The fourth-order valence-corrected chi connectivity index (χ4v) is 5.95. The summed E-state index contributed by atoms with van der Waals surface area (Å²) in [4.78, 5) is 15.5. The highest BCUT2D eigenvalue weighted by Crippen LogP contribution is 2.36. The van der Waals surface area contributed by atoms with Gasteiger partial charge in [0.15, 0.2) is 5.82 Å². The molecule has 0 amide bonds. The third kappa shape index (κ3) is 5.11. The second-order valence-corrected chi connectivity index (χ2v) is 11.5. The van der Waals surface area contributed by atoms with E-state index < -0.39 is 0 Å². The van der Waals surface area contributed by atoms with E-state index >= 15 is 0 Å². The lowest BCUT2D eigenvalue weighted by Gasteiger charge is -2.40. The van der Waals surface area contributed by atoms with Gasteiger partial charge in [-0.25, -0.2) is 9.97 Å². The molecule has 0 spiro atoms. The van der Waals surface area contributed by atoms with Crippen LogP contribution in [0, 0.1) is 26.7 Å². The predicted octanol–water partition coefficient (Wildman–Crippen LogP) is 6.62. The number of hydrogen-bond donors (Lipinski definition) is 0. The predicted molar refractivity (Wildman–Crippen MR) is 154 cm³/mol. The first-order valence-corrected chi connectivity index (χ1v) is 13.9. The third-order valence-electron chi connectivity index (χ3n) is 8.34. The van der Waals surface area contributed by atoms with Crippen molar-refractivity contribution < 1.29 is 4.74 Å². The van der Waals surface area contributed by atoms with Crippen molar-refractivity contribution in [2.24, 2.45) is 5.92 Å². The molecule has 3 heterocycles. The molecule has 0 bridgehead atoms. The van der Waals surface area contributed by atoms with E-state index in [0.717, 1.165) is 56.2 Å². The molecule has 0 N–H and O–H groups in total. The molecule has 37 heavy (non-hydrogen) atoms. The van der Waals surface area contributed by atoms with Gasteiger partial charge in [0.05, 0.1) is 11.8 Å². The Morgan fingerprint density at radius 2 is 1.73 bits per heavy atom. The van der Waals surface area contributed by atoms with Crippen LogP contribution in [0.25, 0.3) is 11.4 Å². The quantitative estimate of drug-likeness (QED) is 0.396. The van der Waals surface area contributed by atoms with Gasteiger partial charge in [-0.3, -0.25) is 0 Å². The lowest BCUT2D eigenvalue weighted by molar-refractivity contribution is 0.0443. The van der Waals surface area contributed by atoms with Gasteiger partial charge in [-0.1, -0.05) is 50.6 Å². The topological polar surface area (TPSA) is 41.5 Å². The Hall–Kier alpha value is -2.92. The molecule has 5 heteroatoms. The molecule has 0 aliphatic carbocycles. The standard InChI is InChI=1S/C32H42N4O/c1-20(2)25-11-10-23(5)29(17-25)35-14-12-28-27(19-35)32(36-15-13-30(37-7)24(6)18-36)34-31(33-28)26-16-21(3)8-9-22(26)4/h8-11,16-17,20,24,30H,12-15,18-19H2,1-7H3. The zero-order valence-corrected chi connectivity index (χ0v) is 23.6. The number of rotatable bonds is 5. The lowest BCUT2D eigenvalue weighted by Crippen LogP contribution is -2.44. The van der Waals surface area contributed by atoms with Crippen LogP contribution in [0.3, 0.4) is 0 Å². The fraction of sp³-hybridized carbons (Fsp3) is 0.500. The van der Waals surface area contributed by atoms with Crippen molar-refractivity contribution in [2.75, 3.05) is 36.5 Å². The normalized spacial score (nSPS) is 19.9. The average molecular weight is 499 g/mol. The number of piperidine rings is 1. The lowest BCUT2D eigenvalue weighted by atomic mass is 9.95. The molecule has 1 saturated heterocycles. The zero-order chi connectivity index (χ0) is 26.3. The molecule has 3 aromatic rings. The number of methoxy groups -OCH3 is 1. The maximum atomic E-state index is 5.77. The third-order valence-corrected chi connectivity index (χ3v) is 8.34. The van der Waals surface area contributed by atoms with Crippen LogP contribution in [0.2, 0.25) is 0 Å². The van der Waals surface area contributed by atoms with Crippen molar-refractivity contribution in [1.82, 2.24) is 9.97 Å². The Morgan fingerprint density at radius 1 is 0.946 bits per heavy atom. The Bertz CT molecular complexity index is 1280. The maximum absolute atomic E-state index is 5.77. The second-order valence-electron chi connectivity index (χ2n) is 11.5. The monoisotopic (exact) mass is 498 g/mol. The molecule has 2 atom stereocenters. The van der Waals surface area contributed by atoms with E-state index in [4.69, 9.17) is 14.7 Å². The average Bonchev–Trinajstić information content (AvgIpc) is 2.89. The van der Waals surface area contributed by atoms with Gasteiger partial charge in [0.25, 0.3) is 0 Å². The van der Waals surface area contributed by atoms with Crippen LogP contribution in [-0.4, -0.2) is 42.8 Å². The first-order valence-electron chi connectivity index (χ1n) is 13.9. The molecule has 2 aliphatic rings. The molecule has 5 nitrogen and oxygen atoms in total. The van der Waals surface area contributed by atoms with Gasteiger partial charge in [-0.2, -0.15) is 0 Å². The van der Waals surface area contributed by atoms with Crippen LogP contribution in [0.15, 0.2) is 36.4 Å². The molecule has 0 saturated carbocycles. The minimum absolute atomic E-state index is 0.310. The van der Waals surface area contributed by atoms with Gasteiger partial charge < -0.3 is 14.5 Å². The number of fused-ring (bicyclic) bond motifs is 1. The van der Waals surface area contributed by atoms with Crippen LogP contribution in [0.1, 0.15) is 66.6 Å². The molecule has 2 aliphatic heterocycles. The maximum Gasteiger partial charge on any atom is 0.162 e. The van der Waals surface area contributed by atoms with Crippen molar-refractivity contribution >= 4 is 11.5 Å².